The SMILES string of the molecule is C.C=C1Cc2ncn(C(C)(C)C)c2C(=O)NN1.Cc1nc(=O)c2ncn(C(C)(C)C)c2c(=O)[nH]1.Cc1nc(N)c2c(ncn2C(C)(C)C)c(=N)n1.Cc1nc(NN)c2ncn(C(C)(C)C)c2n1. The Kier molecular flexibility index (Phi) is 15.0. The summed E-state index contributed by atoms with van der Waals surface area (Å²) in [5, 5.41) is 7.86. The molecule has 9 N–H and O–H groups in total. The Morgan fingerprint density at radius 1 is 0.657 bits per heavy atom. The summed E-state index contributed by atoms with van der Waals surface area (Å²) >= 11 is 0. The molecular weight excluding hydrogens is 857 g/mol. The van der Waals surface area contributed by atoms with Gasteiger partial charge in [-0.05, 0) is 104 Å². The fourth-order valence-corrected chi connectivity index (χ4v) is 6.74. The first-order valence-electron chi connectivity index (χ1n) is 21.0. The number of fused-ring (bicyclic) bond motifs is 4. The van der Waals surface area contributed by atoms with Gasteiger partial charge in [-0.1, -0.05) is 14.0 Å². The summed E-state index contributed by atoms with van der Waals surface area (Å²) in [6.07, 6.45) is 7.22. The zero-order valence-corrected chi connectivity index (χ0v) is 40.4. The molecule has 1 aliphatic rings. The summed E-state index contributed by atoms with van der Waals surface area (Å²) in [5.74, 6) is 7.61. The van der Waals surface area contributed by atoms with E-state index in [2.05, 4.69) is 93.5 Å². The Morgan fingerprint density at radius 3 is 1.73 bits per heavy atom. The first kappa shape index (κ1) is 52.2. The van der Waals surface area contributed by atoms with E-state index in [1.54, 1.807) is 37.4 Å². The summed E-state index contributed by atoms with van der Waals surface area (Å²) in [6.45, 7) is 33.3. The number of aromatic nitrogens is 14. The summed E-state index contributed by atoms with van der Waals surface area (Å²) in [4.78, 5) is 75.5. The van der Waals surface area contributed by atoms with E-state index in [0.717, 1.165) is 17.0 Å². The van der Waals surface area contributed by atoms with Crippen LogP contribution in [0.1, 0.15) is 124 Å². The van der Waals surface area contributed by atoms with Crippen molar-refractivity contribution in [2.24, 2.45) is 5.84 Å². The van der Waals surface area contributed by atoms with Crippen LogP contribution in [0.5, 0.6) is 0 Å². The van der Waals surface area contributed by atoms with Crippen LogP contribution in [0.4, 0.5) is 11.6 Å². The number of nitrogen functional groups attached to an aromatic ring is 2. The molecule has 1 amide bonds. The summed E-state index contributed by atoms with van der Waals surface area (Å²) < 4.78 is 7.50. The van der Waals surface area contributed by atoms with Gasteiger partial charge in [0, 0.05) is 34.3 Å². The van der Waals surface area contributed by atoms with Crippen molar-refractivity contribution in [3.05, 3.63) is 92.6 Å². The highest BCUT2D eigenvalue weighted by Crippen LogP contribution is 2.25. The van der Waals surface area contributed by atoms with E-state index in [4.69, 9.17) is 17.0 Å². The van der Waals surface area contributed by atoms with E-state index in [-0.39, 0.29) is 57.6 Å². The molecule has 0 aliphatic carbocycles. The first-order chi connectivity index (χ1) is 30.4. The Bertz CT molecular complexity index is 3140. The van der Waals surface area contributed by atoms with Gasteiger partial charge in [0.15, 0.2) is 33.8 Å². The van der Waals surface area contributed by atoms with E-state index in [0.29, 0.717) is 57.8 Å². The number of amides is 1. The van der Waals surface area contributed by atoms with Crippen molar-refractivity contribution in [2.45, 2.75) is 140 Å². The van der Waals surface area contributed by atoms with E-state index in [9.17, 15) is 14.4 Å². The number of hydrogen-bond acceptors (Lipinski definition) is 17. The second-order valence-electron chi connectivity index (χ2n) is 19.6. The monoisotopic (exact) mass is 923 g/mol. The topological polar surface area (TPSA) is 315 Å². The molecule has 0 bridgehead atoms. The second-order valence-corrected chi connectivity index (χ2v) is 19.6. The molecule has 67 heavy (non-hydrogen) atoms. The van der Waals surface area contributed by atoms with Crippen LogP contribution < -0.4 is 44.5 Å². The number of H-pyrrole nitrogens is 1. The quantitative estimate of drug-likeness (QED) is 0.0894. The molecule has 360 valence electrons. The zero-order valence-electron chi connectivity index (χ0n) is 40.4. The van der Waals surface area contributed by atoms with Crippen molar-refractivity contribution in [2.75, 3.05) is 11.2 Å². The fraction of sp³-hybridized carbons (Fsp3) is 0.477. The highest BCUT2D eigenvalue weighted by Gasteiger charge is 2.28. The minimum absolute atomic E-state index is 0. The number of aryl methyl sites for hydroxylation is 3. The van der Waals surface area contributed by atoms with Crippen molar-refractivity contribution in [1.29, 1.82) is 5.41 Å². The van der Waals surface area contributed by atoms with Gasteiger partial charge in [0.2, 0.25) is 0 Å². The van der Waals surface area contributed by atoms with Gasteiger partial charge in [-0.25, -0.2) is 45.7 Å². The minimum atomic E-state index is -0.487. The molecule has 7 aromatic rings. The van der Waals surface area contributed by atoms with Crippen LogP contribution in [0.25, 0.3) is 33.2 Å². The number of nitrogens with one attached hydrogen (secondary N) is 5. The van der Waals surface area contributed by atoms with Crippen molar-refractivity contribution in [1.82, 2.24) is 79.0 Å². The van der Waals surface area contributed by atoms with Gasteiger partial charge in [-0.15, -0.1) is 0 Å². The smallest absolute Gasteiger partial charge is 0.299 e. The van der Waals surface area contributed by atoms with Gasteiger partial charge in [-0.2, -0.15) is 4.98 Å². The predicted molar refractivity (Wildman–Crippen MR) is 260 cm³/mol. The van der Waals surface area contributed by atoms with E-state index in [1.807, 2.05) is 82.9 Å². The number of carbonyl (C=O) groups excluding carboxylic acids is 1. The standard InChI is InChI=1S/C11H16N6.C11H14N4O2.C11H16N4O.C10H16N6.CH4/c1-6-15-9(12)7-8(10(13)16-6)17(5-14-7)11(2,3)4;1-6-13-9(16)7-8(10(17)14-6)15(5-12-7)11(2,3)4;1-7-5-8-9(10(16)14-13-7)15(6-12-8)11(2,3)4;1-6-13-8(15-11)7-9(14-6)16(5-12-7)10(2,3)4;/h5H,1-4H3,(H3,12,13,15,16);5H,1-4H3,(H,13,14,16,17);6,13H,1,5H2,2-4H3,(H,14,16);5H,11H2,1-4H3,(H,13,14,15);1H4. The third kappa shape index (κ3) is 11.5. The number of nitrogens with zero attached hydrogens (tertiary/aromatic N) is 13. The number of hydrogen-bond donors (Lipinski definition) is 7. The largest absolute Gasteiger partial charge is 0.382 e. The van der Waals surface area contributed by atoms with Crippen LogP contribution in [-0.2, 0) is 28.6 Å². The highest BCUT2D eigenvalue weighted by molar-refractivity contribution is 5.94. The number of hydrazine groups is 2. The molecule has 0 radical (unpaired) electrons. The number of nitrogens with two attached hydrogens (primary N) is 2. The van der Waals surface area contributed by atoms with Crippen molar-refractivity contribution in [3.8, 4) is 0 Å². The van der Waals surface area contributed by atoms with Gasteiger partial charge in [0.05, 0.1) is 31.0 Å². The van der Waals surface area contributed by atoms with Crippen LogP contribution >= 0.6 is 0 Å². The van der Waals surface area contributed by atoms with Crippen molar-refractivity contribution >= 4 is 50.8 Å². The lowest BCUT2D eigenvalue weighted by Gasteiger charge is -2.22. The zero-order chi connectivity index (χ0) is 49.4. The van der Waals surface area contributed by atoms with Gasteiger partial charge in [0.25, 0.3) is 17.0 Å². The third-order valence-electron chi connectivity index (χ3n) is 9.87. The van der Waals surface area contributed by atoms with Gasteiger partial charge < -0.3 is 39.8 Å². The summed E-state index contributed by atoms with van der Waals surface area (Å²) in [6, 6.07) is 0. The summed E-state index contributed by atoms with van der Waals surface area (Å²) in [5.41, 5.74) is 17.5. The highest BCUT2D eigenvalue weighted by atomic mass is 16.2. The Hall–Kier alpha value is -7.43. The fourth-order valence-electron chi connectivity index (χ4n) is 6.74. The molecule has 8 heterocycles. The normalized spacial score (nSPS) is 12.8. The van der Waals surface area contributed by atoms with Crippen LogP contribution in [0.3, 0.4) is 0 Å². The van der Waals surface area contributed by atoms with Crippen LogP contribution in [0, 0.1) is 26.2 Å². The van der Waals surface area contributed by atoms with E-state index < -0.39 is 5.56 Å². The average molecular weight is 923 g/mol. The van der Waals surface area contributed by atoms with Crippen LogP contribution in [0.2, 0.25) is 0 Å². The first-order valence-corrected chi connectivity index (χ1v) is 21.0. The number of imidazole rings is 4. The minimum Gasteiger partial charge on any atom is -0.382 e. The third-order valence-corrected chi connectivity index (χ3v) is 9.87. The van der Waals surface area contributed by atoms with Gasteiger partial charge in [-0.3, -0.25) is 25.2 Å². The van der Waals surface area contributed by atoms with E-state index in [1.165, 1.54) is 6.33 Å². The second kappa shape index (κ2) is 19.2. The lowest BCUT2D eigenvalue weighted by Crippen LogP contribution is -2.37. The molecule has 1 aliphatic heterocycles. The molecule has 0 saturated heterocycles. The lowest BCUT2D eigenvalue weighted by molar-refractivity contribution is 0.0926. The molecule has 0 saturated carbocycles. The van der Waals surface area contributed by atoms with Gasteiger partial charge >= 0.3 is 0 Å². The number of anilines is 2. The number of rotatable bonds is 1. The molecule has 0 unspecified atom stereocenters. The number of carbonyl (C=O) groups is 1. The number of allylic oxidation sites excluding steroid dienone is 1. The molecule has 23 nitrogen and oxygen atoms in total. The molecule has 8 rings (SSSR count). The Balaban J connectivity index is 0.000000194. The maximum atomic E-state index is 12.0. The molecule has 0 aromatic carbocycles. The molecule has 0 spiro atoms. The summed E-state index contributed by atoms with van der Waals surface area (Å²) in [7, 11) is 0. The predicted octanol–water partition coefficient (Wildman–Crippen LogP) is 4.25. The van der Waals surface area contributed by atoms with Crippen LogP contribution in [0.15, 0.2) is 47.2 Å². The number of aromatic amines is 1. The maximum absolute atomic E-state index is 12.0. The Labute approximate surface area is 388 Å². The molecule has 0 fully saturated rings. The molecular formula is C44H66N20O3. The maximum Gasteiger partial charge on any atom is 0.299 e. The molecule has 23 heteroatoms. The molecule has 7 aromatic heterocycles. The molecule has 0 atom stereocenters. The average Bonchev–Trinajstić information content (AvgIpc) is 3.98. The van der Waals surface area contributed by atoms with Crippen LogP contribution in [-0.4, -0.2) is 74.0 Å². The van der Waals surface area contributed by atoms with Gasteiger partial charge in [0.1, 0.15) is 39.7 Å². The van der Waals surface area contributed by atoms with E-state index >= 15 is 0 Å². The Morgan fingerprint density at radius 2 is 1.16 bits per heavy atom. The van der Waals surface area contributed by atoms with Crippen molar-refractivity contribution < 1.29 is 4.79 Å². The lowest BCUT2D eigenvalue weighted by atomic mass is 10.1. The van der Waals surface area contributed by atoms with Crippen molar-refractivity contribution in [3.63, 3.8) is 0 Å².